The van der Waals surface area contributed by atoms with Crippen LogP contribution in [-0.2, 0) is 9.59 Å². The Hall–Kier alpha value is -1.96. The van der Waals surface area contributed by atoms with E-state index in [1.165, 1.54) is 6.92 Å². The van der Waals surface area contributed by atoms with Crippen molar-refractivity contribution in [3.63, 3.8) is 0 Å². The molecule has 0 atom stereocenters. The van der Waals surface area contributed by atoms with Gasteiger partial charge in [-0.25, -0.2) is 0 Å². The predicted octanol–water partition coefficient (Wildman–Crippen LogP) is 3.19. The van der Waals surface area contributed by atoms with E-state index in [1.54, 1.807) is 26.0 Å². The van der Waals surface area contributed by atoms with Gasteiger partial charge in [0.05, 0.1) is 5.57 Å². The fourth-order valence-corrected chi connectivity index (χ4v) is 1.69. The second-order valence-electron chi connectivity index (χ2n) is 3.66. The molecule has 2 heteroatoms. The minimum atomic E-state index is -0.214. The fourth-order valence-electron chi connectivity index (χ4n) is 1.69. The van der Waals surface area contributed by atoms with Gasteiger partial charge in [-0.3, -0.25) is 9.59 Å². The van der Waals surface area contributed by atoms with Gasteiger partial charge in [0.25, 0.3) is 0 Å². The Balaban J connectivity index is 3.15. The SMILES string of the molecule is C/C=C(/C(C)=O)C(=O)/C(=C\C)c1ccccc1. The summed E-state index contributed by atoms with van der Waals surface area (Å²) in [7, 11) is 0. The highest BCUT2D eigenvalue weighted by Gasteiger charge is 2.18. The summed E-state index contributed by atoms with van der Waals surface area (Å²) < 4.78 is 0. The Morgan fingerprint density at radius 2 is 1.59 bits per heavy atom. The van der Waals surface area contributed by atoms with Crippen molar-refractivity contribution < 1.29 is 9.59 Å². The zero-order valence-corrected chi connectivity index (χ0v) is 10.4. The average molecular weight is 228 g/mol. The van der Waals surface area contributed by atoms with Gasteiger partial charge in [-0.05, 0) is 26.3 Å². The maximum absolute atomic E-state index is 12.2. The van der Waals surface area contributed by atoms with E-state index in [-0.39, 0.29) is 17.1 Å². The van der Waals surface area contributed by atoms with E-state index in [2.05, 4.69) is 0 Å². The van der Waals surface area contributed by atoms with Crippen LogP contribution in [0.2, 0.25) is 0 Å². The van der Waals surface area contributed by atoms with Crippen molar-refractivity contribution in [2.45, 2.75) is 20.8 Å². The first-order valence-corrected chi connectivity index (χ1v) is 5.55. The highest BCUT2D eigenvalue weighted by Crippen LogP contribution is 2.19. The molecule has 0 spiro atoms. The molecule has 88 valence electrons. The predicted molar refractivity (Wildman–Crippen MR) is 69.5 cm³/mol. The van der Waals surface area contributed by atoms with Gasteiger partial charge in [-0.15, -0.1) is 0 Å². The van der Waals surface area contributed by atoms with Crippen LogP contribution in [0.25, 0.3) is 5.57 Å². The molecule has 0 heterocycles. The Bertz CT molecular complexity index is 479. The number of hydrogen-bond donors (Lipinski definition) is 0. The van der Waals surface area contributed by atoms with Gasteiger partial charge in [-0.1, -0.05) is 42.5 Å². The van der Waals surface area contributed by atoms with Crippen molar-refractivity contribution in [3.8, 4) is 0 Å². The Kier molecular flexibility index (Phi) is 4.58. The summed E-state index contributed by atoms with van der Waals surface area (Å²) in [5.74, 6) is -0.415. The maximum Gasteiger partial charge on any atom is 0.196 e. The number of benzene rings is 1. The topological polar surface area (TPSA) is 34.1 Å². The Morgan fingerprint density at radius 3 is 2.00 bits per heavy atom. The van der Waals surface area contributed by atoms with Gasteiger partial charge in [0.15, 0.2) is 11.6 Å². The zero-order valence-electron chi connectivity index (χ0n) is 10.4. The van der Waals surface area contributed by atoms with Crippen molar-refractivity contribution in [1.29, 1.82) is 0 Å². The van der Waals surface area contributed by atoms with E-state index in [0.717, 1.165) is 5.56 Å². The zero-order chi connectivity index (χ0) is 12.8. The fraction of sp³-hybridized carbons (Fsp3) is 0.200. The molecule has 0 saturated carbocycles. The van der Waals surface area contributed by atoms with E-state index in [0.29, 0.717) is 5.57 Å². The first-order valence-electron chi connectivity index (χ1n) is 5.55. The molecular weight excluding hydrogens is 212 g/mol. The van der Waals surface area contributed by atoms with Crippen molar-refractivity contribution in [1.82, 2.24) is 0 Å². The van der Waals surface area contributed by atoms with Crippen LogP contribution in [0.5, 0.6) is 0 Å². The lowest BCUT2D eigenvalue weighted by molar-refractivity contribution is -0.117. The molecule has 0 saturated heterocycles. The number of ketones is 2. The molecule has 0 aliphatic carbocycles. The third kappa shape index (κ3) is 3.00. The molecule has 0 bridgehead atoms. The normalized spacial score (nSPS) is 12.4. The van der Waals surface area contributed by atoms with Crippen LogP contribution in [0.3, 0.4) is 0 Å². The number of hydrogen-bond acceptors (Lipinski definition) is 2. The third-order valence-electron chi connectivity index (χ3n) is 2.53. The molecule has 0 unspecified atom stereocenters. The molecule has 1 aromatic carbocycles. The number of carbonyl (C=O) groups is 2. The van der Waals surface area contributed by atoms with Gasteiger partial charge < -0.3 is 0 Å². The van der Waals surface area contributed by atoms with Gasteiger partial charge in [0.1, 0.15) is 0 Å². The molecule has 0 fully saturated rings. The lowest BCUT2D eigenvalue weighted by atomic mass is 9.95. The van der Waals surface area contributed by atoms with E-state index >= 15 is 0 Å². The third-order valence-corrected chi connectivity index (χ3v) is 2.53. The molecule has 0 aromatic heterocycles. The standard InChI is InChI=1S/C15H16O2/c1-4-13(11(3)16)15(17)14(5-2)12-9-7-6-8-10-12/h4-10H,1-3H3/b13-4-,14-5-. The second kappa shape index (κ2) is 5.94. The molecule has 17 heavy (non-hydrogen) atoms. The second-order valence-corrected chi connectivity index (χ2v) is 3.66. The number of carbonyl (C=O) groups excluding carboxylic acids is 2. The summed E-state index contributed by atoms with van der Waals surface area (Å²) in [6, 6.07) is 9.36. The first kappa shape index (κ1) is 13.1. The van der Waals surface area contributed by atoms with Gasteiger partial charge in [0, 0.05) is 5.57 Å². The quantitative estimate of drug-likeness (QED) is 0.450. The van der Waals surface area contributed by atoms with Crippen molar-refractivity contribution >= 4 is 17.1 Å². The Morgan fingerprint density at radius 1 is 1.00 bits per heavy atom. The van der Waals surface area contributed by atoms with Crippen LogP contribution in [0.15, 0.2) is 48.1 Å². The number of rotatable bonds is 4. The van der Waals surface area contributed by atoms with Crippen LogP contribution in [0.1, 0.15) is 26.3 Å². The summed E-state index contributed by atoms with van der Waals surface area (Å²) in [6.07, 6.45) is 3.31. The van der Waals surface area contributed by atoms with E-state index in [4.69, 9.17) is 0 Å². The van der Waals surface area contributed by atoms with E-state index in [9.17, 15) is 9.59 Å². The molecule has 0 amide bonds. The van der Waals surface area contributed by atoms with Crippen molar-refractivity contribution in [2.24, 2.45) is 0 Å². The summed E-state index contributed by atoms with van der Waals surface area (Å²) in [5.41, 5.74) is 1.64. The Labute approximate surface area is 102 Å². The van der Waals surface area contributed by atoms with Crippen LogP contribution in [-0.4, -0.2) is 11.6 Å². The summed E-state index contributed by atoms with van der Waals surface area (Å²) in [6.45, 7) is 4.91. The minimum absolute atomic E-state index is 0.201. The summed E-state index contributed by atoms with van der Waals surface area (Å²) in [4.78, 5) is 23.5. The largest absolute Gasteiger partial charge is 0.294 e. The maximum atomic E-state index is 12.2. The molecule has 0 N–H and O–H groups in total. The molecule has 0 radical (unpaired) electrons. The van der Waals surface area contributed by atoms with Crippen LogP contribution in [0, 0.1) is 0 Å². The molecular formula is C15H16O2. The molecule has 1 rings (SSSR count). The lowest BCUT2D eigenvalue weighted by Crippen LogP contribution is -2.11. The monoisotopic (exact) mass is 228 g/mol. The molecule has 2 nitrogen and oxygen atoms in total. The lowest BCUT2D eigenvalue weighted by Gasteiger charge is -2.07. The number of Topliss-reactive ketones (excluding diaryl/α,β-unsaturated/α-hetero) is 2. The molecule has 0 aliphatic rings. The number of allylic oxidation sites excluding steroid dienone is 4. The minimum Gasteiger partial charge on any atom is -0.294 e. The van der Waals surface area contributed by atoms with Gasteiger partial charge >= 0.3 is 0 Å². The summed E-state index contributed by atoms with van der Waals surface area (Å²) >= 11 is 0. The summed E-state index contributed by atoms with van der Waals surface area (Å²) in [5, 5.41) is 0. The molecule has 1 aromatic rings. The van der Waals surface area contributed by atoms with Crippen molar-refractivity contribution in [3.05, 3.63) is 53.6 Å². The highest BCUT2D eigenvalue weighted by molar-refractivity contribution is 6.37. The van der Waals surface area contributed by atoms with Crippen LogP contribution < -0.4 is 0 Å². The van der Waals surface area contributed by atoms with E-state index < -0.39 is 0 Å². The molecule has 0 aliphatic heterocycles. The van der Waals surface area contributed by atoms with Crippen molar-refractivity contribution in [2.75, 3.05) is 0 Å². The smallest absolute Gasteiger partial charge is 0.196 e. The van der Waals surface area contributed by atoms with E-state index in [1.807, 2.05) is 30.3 Å². The van der Waals surface area contributed by atoms with Gasteiger partial charge in [-0.2, -0.15) is 0 Å². The highest BCUT2D eigenvalue weighted by atomic mass is 16.1. The first-order chi connectivity index (χ1) is 8.11. The van der Waals surface area contributed by atoms with Gasteiger partial charge in [0.2, 0.25) is 0 Å². The average Bonchev–Trinajstić information content (AvgIpc) is 2.31. The van der Waals surface area contributed by atoms with Crippen LogP contribution in [0.4, 0.5) is 0 Å². The van der Waals surface area contributed by atoms with Crippen LogP contribution >= 0.6 is 0 Å².